The van der Waals surface area contributed by atoms with E-state index >= 15 is 0 Å². The van der Waals surface area contributed by atoms with Crippen LogP contribution in [0.4, 0.5) is 10.5 Å². The number of hydrogen-bond donors (Lipinski definition) is 2. The lowest BCUT2D eigenvalue weighted by Crippen LogP contribution is -2.50. The Bertz CT molecular complexity index is 1090. The Labute approximate surface area is 194 Å². The number of primary amides is 1. The number of carbonyl (C=O) groups excluding carboxylic acids is 2. The maximum atomic E-state index is 13.1. The molecular weight excluding hydrogens is 440 g/mol. The molecule has 1 saturated heterocycles. The van der Waals surface area contributed by atoms with Crippen LogP contribution in [0.25, 0.3) is 0 Å². The molecule has 3 amide bonds. The third-order valence-corrected chi connectivity index (χ3v) is 8.43. The van der Waals surface area contributed by atoms with Crippen LogP contribution >= 0.6 is 0 Å². The average Bonchev–Trinajstić information content (AvgIpc) is 2.84. The molecule has 2 fully saturated rings. The van der Waals surface area contributed by atoms with Gasteiger partial charge in [0.15, 0.2) is 0 Å². The summed E-state index contributed by atoms with van der Waals surface area (Å²) in [7, 11) is -3.60. The highest BCUT2D eigenvalue weighted by Gasteiger charge is 2.30. The topological polar surface area (TPSA) is 113 Å². The van der Waals surface area contributed by atoms with Crippen molar-refractivity contribution >= 4 is 27.6 Å². The molecule has 4 rings (SSSR count). The minimum Gasteiger partial charge on any atom is -0.351 e. The maximum absolute atomic E-state index is 13.1. The Morgan fingerprint density at radius 2 is 1.45 bits per heavy atom. The first kappa shape index (κ1) is 23.3. The summed E-state index contributed by atoms with van der Waals surface area (Å²) in [5.74, 6) is 0.361. The van der Waals surface area contributed by atoms with E-state index in [0.717, 1.165) is 0 Å². The molecular formula is C24H30N4O4S. The van der Waals surface area contributed by atoms with E-state index in [1.54, 1.807) is 41.3 Å². The Balaban J connectivity index is 1.36. The van der Waals surface area contributed by atoms with Gasteiger partial charge in [-0.3, -0.25) is 4.79 Å². The van der Waals surface area contributed by atoms with Crippen LogP contribution in [0.2, 0.25) is 0 Å². The SMILES string of the molecule is NC(=O)Nc1ccc(C(=O)N2CCN(S(=O)(=O)c3ccc(C4CCCCC4)cc3)CC2)cc1. The molecule has 3 N–H and O–H groups in total. The number of amides is 3. The summed E-state index contributed by atoms with van der Waals surface area (Å²) in [4.78, 5) is 25.7. The second-order valence-corrected chi connectivity index (χ2v) is 10.6. The zero-order valence-electron chi connectivity index (χ0n) is 18.6. The lowest BCUT2D eigenvalue weighted by atomic mass is 9.84. The number of nitrogens with one attached hydrogen (secondary N) is 1. The van der Waals surface area contributed by atoms with Crippen LogP contribution in [-0.4, -0.2) is 55.7 Å². The van der Waals surface area contributed by atoms with Crippen molar-refractivity contribution in [2.45, 2.75) is 42.9 Å². The second kappa shape index (κ2) is 9.93. The average molecular weight is 471 g/mol. The summed E-state index contributed by atoms with van der Waals surface area (Å²) >= 11 is 0. The predicted molar refractivity (Wildman–Crippen MR) is 127 cm³/mol. The van der Waals surface area contributed by atoms with E-state index in [0.29, 0.717) is 35.2 Å². The molecule has 1 aliphatic heterocycles. The van der Waals surface area contributed by atoms with Crippen molar-refractivity contribution in [3.8, 4) is 0 Å². The molecule has 33 heavy (non-hydrogen) atoms. The number of carbonyl (C=O) groups is 2. The molecule has 9 heteroatoms. The fourth-order valence-corrected chi connectivity index (χ4v) is 6.07. The highest BCUT2D eigenvalue weighted by Crippen LogP contribution is 2.33. The van der Waals surface area contributed by atoms with Crippen molar-refractivity contribution in [1.82, 2.24) is 9.21 Å². The molecule has 0 aromatic heterocycles. The zero-order valence-corrected chi connectivity index (χ0v) is 19.4. The quantitative estimate of drug-likeness (QED) is 0.697. The molecule has 0 radical (unpaired) electrons. The van der Waals surface area contributed by atoms with Gasteiger partial charge < -0.3 is 16.0 Å². The largest absolute Gasteiger partial charge is 0.351 e. The molecule has 0 bridgehead atoms. The van der Waals surface area contributed by atoms with Crippen LogP contribution < -0.4 is 11.1 Å². The van der Waals surface area contributed by atoms with E-state index < -0.39 is 16.1 Å². The molecule has 8 nitrogen and oxygen atoms in total. The van der Waals surface area contributed by atoms with E-state index in [1.165, 1.54) is 42.0 Å². The van der Waals surface area contributed by atoms with Crippen LogP contribution in [0, 0.1) is 0 Å². The minimum atomic E-state index is -3.60. The summed E-state index contributed by atoms with van der Waals surface area (Å²) in [6.45, 7) is 1.14. The third kappa shape index (κ3) is 5.36. The third-order valence-electron chi connectivity index (χ3n) is 6.52. The highest BCUT2D eigenvalue weighted by molar-refractivity contribution is 7.89. The van der Waals surface area contributed by atoms with Crippen LogP contribution in [0.3, 0.4) is 0 Å². The Kier molecular flexibility index (Phi) is 6.99. The fourth-order valence-electron chi connectivity index (χ4n) is 4.65. The van der Waals surface area contributed by atoms with Gasteiger partial charge >= 0.3 is 6.03 Å². The maximum Gasteiger partial charge on any atom is 0.316 e. The molecule has 1 saturated carbocycles. The van der Waals surface area contributed by atoms with Crippen molar-refractivity contribution < 1.29 is 18.0 Å². The fraction of sp³-hybridized carbons (Fsp3) is 0.417. The van der Waals surface area contributed by atoms with Crippen molar-refractivity contribution in [1.29, 1.82) is 0 Å². The van der Waals surface area contributed by atoms with Gasteiger partial charge in [0.25, 0.3) is 5.91 Å². The minimum absolute atomic E-state index is 0.172. The first-order chi connectivity index (χ1) is 15.8. The standard InChI is InChI=1S/C24H30N4O4S/c25-24(30)26-21-10-6-20(7-11-21)23(29)27-14-16-28(17-15-27)33(31,32)22-12-8-19(9-13-22)18-4-2-1-3-5-18/h6-13,18H,1-5,14-17H2,(H3,25,26,30). The zero-order chi connectivity index (χ0) is 23.4. The first-order valence-electron chi connectivity index (χ1n) is 11.4. The van der Waals surface area contributed by atoms with Crippen LogP contribution in [0.5, 0.6) is 0 Å². The number of anilines is 1. The van der Waals surface area contributed by atoms with Gasteiger partial charge in [-0.15, -0.1) is 0 Å². The van der Waals surface area contributed by atoms with Crippen molar-refractivity contribution in [2.24, 2.45) is 5.73 Å². The van der Waals surface area contributed by atoms with Gasteiger partial charge in [-0.05, 0) is 60.7 Å². The Hall–Kier alpha value is -2.91. The molecule has 0 unspecified atom stereocenters. The molecule has 0 spiro atoms. The molecule has 2 aromatic carbocycles. The van der Waals surface area contributed by atoms with Gasteiger partial charge in [0.1, 0.15) is 0 Å². The monoisotopic (exact) mass is 470 g/mol. The molecule has 176 valence electrons. The molecule has 1 heterocycles. The Morgan fingerprint density at radius 1 is 0.848 bits per heavy atom. The summed E-state index contributed by atoms with van der Waals surface area (Å²) in [5, 5.41) is 2.45. The van der Waals surface area contributed by atoms with E-state index in [4.69, 9.17) is 5.73 Å². The van der Waals surface area contributed by atoms with E-state index in [1.807, 2.05) is 12.1 Å². The number of urea groups is 1. The summed E-state index contributed by atoms with van der Waals surface area (Å²) in [6.07, 6.45) is 6.11. The smallest absolute Gasteiger partial charge is 0.316 e. The van der Waals surface area contributed by atoms with Crippen molar-refractivity contribution in [3.05, 3.63) is 59.7 Å². The van der Waals surface area contributed by atoms with Crippen LogP contribution in [0.1, 0.15) is 53.9 Å². The Morgan fingerprint density at radius 3 is 2.03 bits per heavy atom. The lowest BCUT2D eigenvalue weighted by molar-refractivity contribution is 0.0698. The highest BCUT2D eigenvalue weighted by atomic mass is 32.2. The number of nitrogens with zero attached hydrogens (tertiary/aromatic N) is 2. The van der Waals surface area contributed by atoms with Crippen molar-refractivity contribution in [2.75, 3.05) is 31.5 Å². The van der Waals surface area contributed by atoms with Crippen molar-refractivity contribution in [3.63, 3.8) is 0 Å². The first-order valence-corrected chi connectivity index (χ1v) is 12.8. The predicted octanol–water partition coefficient (Wildman–Crippen LogP) is 3.37. The molecule has 2 aromatic rings. The van der Waals surface area contributed by atoms with Gasteiger partial charge in [0, 0.05) is 37.4 Å². The second-order valence-electron chi connectivity index (χ2n) is 8.67. The molecule has 0 atom stereocenters. The number of sulfonamides is 1. The van der Waals surface area contributed by atoms with Gasteiger partial charge in [-0.1, -0.05) is 31.4 Å². The van der Waals surface area contributed by atoms with Gasteiger partial charge in [-0.25, -0.2) is 13.2 Å². The van der Waals surface area contributed by atoms with Crippen LogP contribution in [-0.2, 0) is 10.0 Å². The van der Waals surface area contributed by atoms with Gasteiger partial charge in [0.05, 0.1) is 4.90 Å². The summed E-state index contributed by atoms with van der Waals surface area (Å²) in [5.41, 5.74) is 7.29. The van der Waals surface area contributed by atoms with E-state index in [-0.39, 0.29) is 19.0 Å². The number of nitrogens with two attached hydrogens (primary N) is 1. The van der Waals surface area contributed by atoms with Gasteiger partial charge in [0.2, 0.25) is 10.0 Å². The van der Waals surface area contributed by atoms with Gasteiger partial charge in [-0.2, -0.15) is 4.31 Å². The van der Waals surface area contributed by atoms with E-state index in [9.17, 15) is 18.0 Å². The normalized spacial score (nSPS) is 18.1. The van der Waals surface area contributed by atoms with Crippen LogP contribution in [0.15, 0.2) is 53.4 Å². The summed E-state index contributed by atoms with van der Waals surface area (Å²) in [6, 6.07) is 13.1. The number of rotatable bonds is 5. The lowest BCUT2D eigenvalue weighted by Gasteiger charge is -2.34. The molecule has 2 aliphatic rings. The molecule has 1 aliphatic carbocycles. The number of benzene rings is 2. The number of piperazine rings is 1. The number of hydrogen-bond acceptors (Lipinski definition) is 4. The van der Waals surface area contributed by atoms with E-state index in [2.05, 4.69) is 5.32 Å². The summed E-state index contributed by atoms with van der Waals surface area (Å²) < 4.78 is 27.7.